The van der Waals surface area contributed by atoms with Crippen LogP contribution in [-0.4, -0.2) is 60.4 Å². The van der Waals surface area contributed by atoms with Gasteiger partial charge in [0.15, 0.2) is 16.6 Å². The van der Waals surface area contributed by atoms with E-state index in [-0.39, 0.29) is 34.3 Å². The monoisotopic (exact) mass is 744 g/mol. The zero-order valence-corrected chi connectivity index (χ0v) is 36.9. The van der Waals surface area contributed by atoms with Crippen molar-refractivity contribution < 1.29 is 28.7 Å². The van der Waals surface area contributed by atoms with Crippen LogP contribution in [0.4, 0.5) is 0 Å². The number of aromatic nitrogens is 2. The molecule has 1 aliphatic carbocycles. The van der Waals surface area contributed by atoms with Crippen LogP contribution in [0.15, 0.2) is 18.2 Å². The number of hydrogen-bond donors (Lipinski definition) is 2. The summed E-state index contributed by atoms with van der Waals surface area (Å²) in [5, 5.41) is 20.9. The van der Waals surface area contributed by atoms with Crippen molar-refractivity contribution in [1.29, 1.82) is 0 Å². The van der Waals surface area contributed by atoms with E-state index in [1.165, 1.54) is 0 Å². The van der Waals surface area contributed by atoms with Crippen LogP contribution in [0.3, 0.4) is 0 Å². The van der Waals surface area contributed by atoms with Crippen LogP contribution in [0.25, 0.3) is 11.0 Å². The number of hydrogen-bond acceptors (Lipinski definition) is 6. The number of carboxylic acids is 1. The topological polar surface area (TPSA) is 111 Å². The second-order valence-corrected chi connectivity index (χ2v) is 29.1. The van der Waals surface area contributed by atoms with Gasteiger partial charge in [0.1, 0.15) is 11.6 Å². The second-order valence-electron chi connectivity index (χ2n) is 19.6. The van der Waals surface area contributed by atoms with Gasteiger partial charge in [-0.15, -0.1) is 0 Å². The van der Waals surface area contributed by atoms with Gasteiger partial charge in [-0.2, -0.15) is 0 Å². The molecule has 0 amide bonds. The minimum absolute atomic E-state index is 0.0123. The SMILES string of the molecule is Cc1nc2cc([C@H](O)C[C@@H]3C[C@H]3CCC[C@H](C)[C@H](O[Si](C)(C)C(C)(C)C)[C@@H](C)C(=O)C(C)(C)[C@H](CC(=O)O)O[Si](C)(C)C(C)(C)C)ccc2n1C. The Labute approximate surface area is 311 Å². The van der Waals surface area contributed by atoms with Crippen LogP contribution < -0.4 is 0 Å². The van der Waals surface area contributed by atoms with E-state index in [1.807, 2.05) is 46.9 Å². The van der Waals surface area contributed by atoms with Gasteiger partial charge >= 0.3 is 5.97 Å². The zero-order valence-electron chi connectivity index (χ0n) is 34.9. The first-order chi connectivity index (χ1) is 23.1. The summed E-state index contributed by atoms with van der Waals surface area (Å²) in [5.74, 6) is 0.865. The van der Waals surface area contributed by atoms with Crippen LogP contribution in [0.1, 0.15) is 125 Å². The molecule has 290 valence electrons. The van der Waals surface area contributed by atoms with Gasteiger partial charge in [-0.05, 0) is 97.9 Å². The van der Waals surface area contributed by atoms with E-state index in [9.17, 15) is 19.8 Å². The highest BCUT2D eigenvalue weighted by Gasteiger charge is 2.50. The molecular weight excluding hydrogens is 673 g/mol. The number of rotatable bonds is 18. The van der Waals surface area contributed by atoms with E-state index in [1.54, 1.807) is 0 Å². The van der Waals surface area contributed by atoms with Crippen molar-refractivity contribution in [3.05, 3.63) is 29.6 Å². The molecule has 8 nitrogen and oxygen atoms in total. The summed E-state index contributed by atoms with van der Waals surface area (Å²) in [4.78, 5) is 31.3. The summed E-state index contributed by atoms with van der Waals surface area (Å²) in [7, 11) is -2.60. The predicted octanol–water partition coefficient (Wildman–Crippen LogP) is 10.2. The van der Waals surface area contributed by atoms with Gasteiger partial charge in [-0.25, -0.2) is 4.98 Å². The molecular formula is C41H72N2O6Si2. The third-order valence-corrected chi connectivity index (χ3v) is 22.0. The van der Waals surface area contributed by atoms with E-state index >= 15 is 0 Å². The molecule has 2 aromatic rings. The van der Waals surface area contributed by atoms with Crippen molar-refractivity contribution >= 4 is 39.4 Å². The summed E-state index contributed by atoms with van der Waals surface area (Å²) >= 11 is 0. The standard InChI is InChI=1S/C41H72N2O6Si2/c1-26(18-17-19-29-22-31(29)24-34(44)30-20-21-33-32(23-30)42-28(3)43(33)12)37(49-51(15,16)40(7,8)9)27(2)38(47)41(10,11)35(25-36(45)46)48-50(13,14)39(4,5)6/h20-21,23,26-27,29,31,34-35,37,44H,17-19,22,24-25H2,1-16H3,(H,45,46)/t26-,27+,29+,31-,34+,35-,37-/m0/s1. The quantitative estimate of drug-likeness (QED) is 0.146. The summed E-state index contributed by atoms with van der Waals surface area (Å²) < 4.78 is 15.9. The van der Waals surface area contributed by atoms with Gasteiger partial charge in [0, 0.05) is 18.4 Å². The van der Waals surface area contributed by atoms with Crippen molar-refractivity contribution in [3.8, 4) is 0 Å². The average Bonchev–Trinajstić information content (AvgIpc) is 3.66. The highest BCUT2D eigenvalue weighted by atomic mass is 28.4. The number of imidazole rings is 1. The Hall–Kier alpha value is -1.86. The highest BCUT2D eigenvalue weighted by molar-refractivity contribution is 6.74. The number of nitrogens with zero attached hydrogens (tertiary/aromatic N) is 2. The maximum absolute atomic E-state index is 14.6. The number of fused-ring (bicyclic) bond motifs is 1. The van der Waals surface area contributed by atoms with Crippen LogP contribution >= 0.6 is 0 Å². The Morgan fingerprint density at radius 1 is 0.961 bits per heavy atom. The van der Waals surface area contributed by atoms with Crippen LogP contribution in [0, 0.1) is 36.0 Å². The molecule has 0 saturated heterocycles. The molecule has 1 saturated carbocycles. The van der Waals surface area contributed by atoms with Gasteiger partial charge < -0.3 is 23.6 Å². The molecule has 1 aliphatic rings. The van der Waals surface area contributed by atoms with E-state index in [0.717, 1.165) is 54.5 Å². The molecule has 1 heterocycles. The van der Waals surface area contributed by atoms with Crippen molar-refractivity contribution in [3.63, 3.8) is 0 Å². The first-order valence-corrected chi connectivity index (χ1v) is 25.1. The predicted molar refractivity (Wildman–Crippen MR) is 214 cm³/mol. The van der Waals surface area contributed by atoms with Crippen LogP contribution in [0.5, 0.6) is 0 Å². The molecule has 1 fully saturated rings. The molecule has 2 N–H and O–H groups in total. The van der Waals surface area contributed by atoms with Crippen LogP contribution in [0.2, 0.25) is 36.3 Å². The number of Topliss-reactive ketones (excluding diaryl/α,β-unsaturated/α-hetero) is 1. The minimum Gasteiger partial charge on any atom is -0.481 e. The molecule has 3 rings (SSSR count). The third kappa shape index (κ3) is 10.4. The Morgan fingerprint density at radius 2 is 1.53 bits per heavy atom. The Kier molecular flexibility index (Phi) is 13.5. The van der Waals surface area contributed by atoms with Crippen molar-refractivity contribution in [2.75, 3.05) is 0 Å². The maximum atomic E-state index is 14.6. The zero-order chi connectivity index (χ0) is 39.1. The molecule has 10 heteroatoms. The fourth-order valence-corrected chi connectivity index (χ4v) is 9.96. The number of aliphatic hydroxyl groups is 1. The number of carboxylic acid groups (broad SMARTS) is 1. The lowest BCUT2D eigenvalue weighted by Gasteiger charge is -2.46. The molecule has 0 radical (unpaired) electrons. The highest BCUT2D eigenvalue weighted by Crippen LogP contribution is 2.48. The number of ketones is 1. The van der Waals surface area contributed by atoms with E-state index < -0.39 is 46.1 Å². The first-order valence-electron chi connectivity index (χ1n) is 19.3. The van der Waals surface area contributed by atoms with Crippen molar-refractivity contribution in [2.45, 2.75) is 169 Å². The Bertz CT molecular complexity index is 1520. The molecule has 1 aromatic heterocycles. The number of aliphatic carboxylic acids is 1. The largest absolute Gasteiger partial charge is 0.481 e. The molecule has 7 atom stereocenters. The molecule has 0 unspecified atom stereocenters. The summed E-state index contributed by atoms with van der Waals surface area (Å²) in [6.45, 7) is 31.8. The number of aryl methyl sites for hydroxylation is 2. The van der Waals surface area contributed by atoms with E-state index in [2.05, 4.69) is 90.3 Å². The average molecular weight is 745 g/mol. The Morgan fingerprint density at radius 3 is 2.08 bits per heavy atom. The van der Waals surface area contributed by atoms with Crippen molar-refractivity contribution in [1.82, 2.24) is 9.55 Å². The first kappa shape index (κ1) is 43.5. The molecule has 51 heavy (non-hydrogen) atoms. The normalized spacial score (nSPS) is 20.6. The lowest BCUT2D eigenvalue weighted by atomic mass is 9.73. The third-order valence-electron chi connectivity index (χ3n) is 13.1. The van der Waals surface area contributed by atoms with E-state index in [0.29, 0.717) is 11.8 Å². The lowest BCUT2D eigenvalue weighted by molar-refractivity contribution is -0.146. The summed E-state index contributed by atoms with van der Waals surface area (Å²) in [6.07, 6.45) is 3.27. The number of carbonyl (C=O) groups is 2. The Balaban J connectivity index is 1.71. The molecule has 0 spiro atoms. The summed E-state index contributed by atoms with van der Waals surface area (Å²) in [5.41, 5.74) is 1.94. The fourth-order valence-electron chi connectivity index (χ4n) is 7.04. The molecule has 0 aliphatic heterocycles. The number of aliphatic hydroxyl groups excluding tert-OH is 1. The minimum atomic E-state index is -2.37. The van der Waals surface area contributed by atoms with E-state index in [4.69, 9.17) is 8.85 Å². The van der Waals surface area contributed by atoms with Gasteiger partial charge in [0.2, 0.25) is 0 Å². The van der Waals surface area contributed by atoms with Gasteiger partial charge in [0.25, 0.3) is 0 Å². The summed E-state index contributed by atoms with van der Waals surface area (Å²) in [6, 6.07) is 6.12. The maximum Gasteiger partial charge on any atom is 0.305 e. The van der Waals surface area contributed by atoms with Gasteiger partial charge in [0.05, 0.1) is 35.8 Å². The number of benzene rings is 1. The molecule has 0 bridgehead atoms. The van der Waals surface area contributed by atoms with Crippen molar-refractivity contribution in [2.24, 2.45) is 36.1 Å². The van der Waals surface area contributed by atoms with Gasteiger partial charge in [-0.3, -0.25) is 9.59 Å². The molecule has 1 aromatic carbocycles. The lowest BCUT2D eigenvalue weighted by Crippen LogP contribution is -2.54. The number of carbonyl (C=O) groups excluding carboxylic acids is 1. The van der Waals surface area contributed by atoms with Crippen LogP contribution in [-0.2, 0) is 25.5 Å². The second kappa shape index (κ2) is 15.9. The van der Waals surface area contributed by atoms with Gasteiger partial charge in [-0.1, -0.05) is 88.1 Å². The smallest absolute Gasteiger partial charge is 0.305 e. The fraction of sp³-hybridized carbons (Fsp3) is 0.780.